The van der Waals surface area contributed by atoms with Gasteiger partial charge in [0.15, 0.2) is 0 Å². The topological polar surface area (TPSA) is 43.2 Å². The van der Waals surface area contributed by atoms with Crippen molar-refractivity contribution in [3.8, 4) is 0 Å². The lowest BCUT2D eigenvalue weighted by molar-refractivity contribution is -0.0401. The SMILES string of the molecule is Clc1ccc2cccnc2c1CN1CCO[C@H](Cn2cccn2)C1. The van der Waals surface area contributed by atoms with E-state index in [9.17, 15) is 0 Å². The van der Waals surface area contributed by atoms with Crippen LogP contribution in [0, 0.1) is 0 Å². The summed E-state index contributed by atoms with van der Waals surface area (Å²) in [7, 11) is 0. The number of hydrogen-bond acceptors (Lipinski definition) is 4. The second-order valence-corrected chi connectivity index (χ2v) is 6.46. The van der Waals surface area contributed by atoms with Gasteiger partial charge in [-0.15, -0.1) is 0 Å². The molecule has 3 aromatic rings. The van der Waals surface area contributed by atoms with Crippen molar-refractivity contribution in [1.29, 1.82) is 0 Å². The molecule has 5 nitrogen and oxygen atoms in total. The third kappa shape index (κ3) is 3.29. The van der Waals surface area contributed by atoms with E-state index < -0.39 is 0 Å². The van der Waals surface area contributed by atoms with Crippen LogP contribution < -0.4 is 0 Å². The summed E-state index contributed by atoms with van der Waals surface area (Å²) in [5.74, 6) is 0. The molecule has 1 aliphatic rings. The zero-order valence-electron chi connectivity index (χ0n) is 13.3. The summed E-state index contributed by atoms with van der Waals surface area (Å²) in [6, 6.07) is 9.94. The summed E-state index contributed by atoms with van der Waals surface area (Å²) < 4.78 is 7.80. The predicted octanol–water partition coefficient (Wildman–Crippen LogP) is 2.99. The average molecular weight is 343 g/mol. The predicted molar refractivity (Wildman–Crippen MR) is 94.0 cm³/mol. The van der Waals surface area contributed by atoms with Gasteiger partial charge >= 0.3 is 0 Å². The molecule has 3 heterocycles. The molecule has 1 fully saturated rings. The smallest absolute Gasteiger partial charge is 0.0898 e. The Balaban J connectivity index is 1.52. The Morgan fingerprint density at radius 2 is 2.17 bits per heavy atom. The fourth-order valence-corrected chi connectivity index (χ4v) is 3.42. The Kier molecular flexibility index (Phi) is 4.47. The Morgan fingerprint density at radius 3 is 3.04 bits per heavy atom. The summed E-state index contributed by atoms with van der Waals surface area (Å²) in [5, 5.41) is 6.16. The molecule has 0 aliphatic carbocycles. The highest BCUT2D eigenvalue weighted by Gasteiger charge is 2.22. The minimum absolute atomic E-state index is 0.139. The van der Waals surface area contributed by atoms with Crippen LogP contribution in [0.4, 0.5) is 0 Å². The molecular weight excluding hydrogens is 324 g/mol. The number of ether oxygens (including phenoxy) is 1. The van der Waals surface area contributed by atoms with Gasteiger partial charge in [0.05, 0.1) is 24.8 Å². The minimum atomic E-state index is 0.139. The van der Waals surface area contributed by atoms with Crippen LogP contribution in [-0.2, 0) is 17.8 Å². The maximum atomic E-state index is 6.46. The number of halogens is 1. The van der Waals surface area contributed by atoms with Gasteiger partial charge in [-0.1, -0.05) is 23.7 Å². The first-order valence-corrected chi connectivity index (χ1v) is 8.51. The third-order valence-corrected chi connectivity index (χ3v) is 4.73. The van der Waals surface area contributed by atoms with Gasteiger partial charge in [-0.2, -0.15) is 5.10 Å². The van der Waals surface area contributed by atoms with Gasteiger partial charge < -0.3 is 4.74 Å². The second-order valence-electron chi connectivity index (χ2n) is 6.06. The lowest BCUT2D eigenvalue weighted by atomic mass is 10.1. The molecule has 0 saturated carbocycles. The van der Waals surface area contributed by atoms with Gasteiger partial charge in [0.2, 0.25) is 0 Å². The maximum Gasteiger partial charge on any atom is 0.0898 e. The van der Waals surface area contributed by atoms with Crippen molar-refractivity contribution in [2.75, 3.05) is 19.7 Å². The number of fused-ring (bicyclic) bond motifs is 1. The summed E-state index contributed by atoms with van der Waals surface area (Å²) >= 11 is 6.46. The minimum Gasteiger partial charge on any atom is -0.374 e. The van der Waals surface area contributed by atoms with Crippen molar-refractivity contribution in [2.24, 2.45) is 0 Å². The fraction of sp³-hybridized carbons (Fsp3) is 0.333. The van der Waals surface area contributed by atoms with Crippen molar-refractivity contribution in [3.05, 3.63) is 59.5 Å². The third-order valence-electron chi connectivity index (χ3n) is 4.38. The number of pyridine rings is 1. The van der Waals surface area contributed by atoms with Crippen molar-refractivity contribution in [3.63, 3.8) is 0 Å². The van der Waals surface area contributed by atoms with Crippen molar-refractivity contribution in [2.45, 2.75) is 19.2 Å². The largest absolute Gasteiger partial charge is 0.374 e. The standard InChI is InChI=1S/C18H19ClN4O/c19-17-5-4-14-3-1-6-20-18(14)16(17)13-22-9-10-24-15(11-22)12-23-8-2-7-21-23/h1-8,15H,9-13H2/t15-/m0/s1. The van der Waals surface area contributed by atoms with Crippen molar-refractivity contribution < 1.29 is 4.74 Å². The number of aromatic nitrogens is 3. The van der Waals surface area contributed by atoms with Gasteiger partial charge in [0, 0.05) is 54.2 Å². The average Bonchev–Trinajstić information content (AvgIpc) is 3.11. The number of rotatable bonds is 4. The van der Waals surface area contributed by atoms with E-state index in [2.05, 4.69) is 21.0 Å². The quantitative estimate of drug-likeness (QED) is 0.731. The van der Waals surface area contributed by atoms with Gasteiger partial charge in [-0.05, 0) is 18.2 Å². The zero-order chi connectivity index (χ0) is 16.4. The van der Waals surface area contributed by atoms with Crippen molar-refractivity contribution in [1.82, 2.24) is 19.7 Å². The van der Waals surface area contributed by atoms with Gasteiger partial charge in [-0.3, -0.25) is 14.6 Å². The molecule has 1 atom stereocenters. The highest BCUT2D eigenvalue weighted by Crippen LogP contribution is 2.26. The molecule has 0 N–H and O–H groups in total. The molecule has 0 bridgehead atoms. The normalized spacial score (nSPS) is 19.0. The first-order valence-electron chi connectivity index (χ1n) is 8.13. The highest BCUT2D eigenvalue weighted by atomic mass is 35.5. The zero-order valence-corrected chi connectivity index (χ0v) is 14.1. The van der Waals surface area contributed by atoms with Crippen LogP contribution in [-0.4, -0.2) is 45.5 Å². The molecule has 0 amide bonds. The highest BCUT2D eigenvalue weighted by molar-refractivity contribution is 6.32. The van der Waals surface area contributed by atoms with Crippen LogP contribution in [0.15, 0.2) is 48.9 Å². The molecule has 6 heteroatoms. The summed E-state index contributed by atoms with van der Waals surface area (Å²) in [4.78, 5) is 6.91. The van der Waals surface area contributed by atoms with Crippen LogP contribution in [0.2, 0.25) is 5.02 Å². The second kappa shape index (κ2) is 6.89. The van der Waals surface area contributed by atoms with E-state index in [1.54, 1.807) is 6.20 Å². The summed E-state index contributed by atoms with van der Waals surface area (Å²) in [6.07, 6.45) is 5.72. The van der Waals surface area contributed by atoms with Crippen LogP contribution in [0.3, 0.4) is 0 Å². The lowest BCUT2D eigenvalue weighted by Crippen LogP contribution is -2.43. The molecular formula is C18H19ClN4O. The molecule has 2 aromatic heterocycles. The summed E-state index contributed by atoms with van der Waals surface area (Å²) in [5.41, 5.74) is 2.08. The first-order chi connectivity index (χ1) is 11.8. The monoisotopic (exact) mass is 342 g/mol. The van der Waals surface area contributed by atoms with Crippen LogP contribution in [0.25, 0.3) is 10.9 Å². The van der Waals surface area contributed by atoms with Crippen molar-refractivity contribution >= 4 is 22.5 Å². The van der Waals surface area contributed by atoms with E-state index in [1.165, 1.54) is 0 Å². The van der Waals surface area contributed by atoms with Gasteiger partial charge in [0.1, 0.15) is 0 Å². The van der Waals surface area contributed by atoms with Crippen LogP contribution in [0.1, 0.15) is 5.56 Å². The molecule has 124 valence electrons. The molecule has 1 saturated heterocycles. The molecule has 1 aliphatic heterocycles. The Morgan fingerprint density at radius 1 is 1.21 bits per heavy atom. The maximum absolute atomic E-state index is 6.46. The molecule has 4 rings (SSSR count). The molecule has 24 heavy (non-hydrogen) atoms. The molecule has 0 unspecified atom stereocenters. The van der Waals surface area contributed by atoms with E-state index in [0.29, 0.717) is 0 Å². The van der Waals surface area contributed by atoms with Crippen LogP contribution >= 0.6 is 11.6 Å². The van der Waals surface area contributed by atoms with E-state index in [-0.39, 0.29) is 6.10 Å². The van der Waals surface area contributed by atoms with E-state index in [1.807, 2.05) is 41.3 Å². The number of benzene rings is 1. The Bertz CT molecular complexity index is 821. The van der Waals surface area contributed by atoms with E-state index >= 15 is 0 Å². The number of hydrogen-bond donors (Lipinski definition) is 0. The molecule has 0 radical (unpaired) electrons. The van der Waals surface area contributed by atoms with E-state index in [0.717, 1.165) is 54.3 Å². The number of morpholine rings is 1. The number of nitrogens with zero attached hydrogens (tertiary/aromatic N) is 4. The van der Waals surface area contributed by atoms with E-state index in [4.69, 9.17) is 16.3 Å². The van der Waals surface area contributed by atoms with Gasteiger partial charge in [0.25, 0.3) is 0 Å². The lowest BCUT2D eigenvalue weighted by Gasteiger charge is -2.33. The van der Waals surface area contributed by atoms with Gasteiger partial charge in [-0.25, -0.2) is 0 Å². The Hall–Kier alpha value is -1.95. The molecule has 1 aromatic carbocycles. The fourth-order valence-electron chi connectivity index (χ4n) is 3.21. The Labute approximate surface area is 145 Å². The summed E-state index contributed by atoms with van der Waals surface area (Å²) in [6.45, 7) is 4.04. The molecule has 0 spiro atoms. The first kappa shape index (κ1) is 15.6. The van der Waals surface area contributed by atoms with Crippen LogP contribution in [0.5, 0.6) is 0 Å².